The van der Waals surface area contributed by atoms with Crippen LogP contribution in [0.25, 0.3) is 21.7 Å². The minimum Gasteiger partial charge on any atom is -0.443 e. The molecule has 5 rings (SSSR count). The van der Waals surface area contributed by atoms with Crippen molar-refractivity contribution >= 4 is 34.2 Å². The van der Waals surface area contributed by atoms with Gasteiger partial charge in [-0.05, 0) is 49.2 Å². The maximum Gasteiger partial charge on any atom is 0.268 e. The number of aliphatic hydroxyl groups is 1. The average Bonchev–Trinajstić information content (AvgIpc) is 3.55. The predicted octanol–water partition coefficient (Wildman–Crippen LogP) is 3.25. The Morgan fingerprint density at radius 3 is 3.07 bits per heavy atom. The second-order valence-corrected chi connectivity index (χ2v) is 8.39. The molecular formula is C21H21N5O3S. The molecular weight excluding hydrogens is 402 g/mol. The number of nitrogens with one attached hydrogen (secondary N) is 2. The molecule has 0 unspecified atom stereocenters. The number of nitrogens with zero attached hydrogens (tertiary/aromatic N) is 3. The van der Waals surface area contributed by atoms with Crippen LogP contribution >= 0.6 is 11.3 Å². The van der Waals surface area contributed by atoms with Gasteiger partial charge in [0.15, 0.2) is 12.2 Å². The Hall–Kier alpha value is -3.01. The summed E-state index contributed by atoms with van der Waals surface area (Å²) in [6, 6.07) is 9.65. The molecule has 0 saturated carbocycles. The van der Waals surface area contributed by atoms with Gasteiger partial charge in [-0.3, -0.25) is 10.1 Å². The highest BCUT2D eigenvalue weighted by molar-refractivity contribution is 7.17. The molecule has 1 aliphatic rings. The van der Waals surface area contributed by atoms with Crippen molar-refractivity contribution in [2.75, 3.05) is 11.9 Å². The minimum atomic E-state index is -0.218. The maximum absolute atomic E-state index is 12.9. The average molecular weight is 423 g/mol. The number of hydrogen-bond acceptors (Lipinski definition) is 7. The van der Waals surface area contributed by atoms with Crippen molar-refractivity contribution in [1.29, 1.82) is 0 Å². The first-order valence-electron chi connectivity index (χ1n) is 9.85. The van der Waals surface area contributed by atoms with Gasteiger partial charge >= 0.3 is 0 Å². The molecule has 4 heterocycles. The molecule has 1 atom stereocenters. The first-order valence-corrected chi connectivity index (χ1v) is 10.7. The van der Waals surface area contributed by atoms with Crippen LogP contribution in [0.2, 0.25) is 0 Å². The summed E-state index contributed by atoms with van der Waals surface area (Å²) in [6.07, 6.45) is 5.23. The summed E-state index contributed by atoms with van der Waals surface area (Å²) in [7, 11) is 0. The summed E-state index contributed by atoms with van der Waals surface area (Å²) >= 11 is 1.34. The van der Waals surface area contributed by atoms with Gasteiger partial charge in [0.1, 0.15) is 0 Å². The van der Waals surface area contributed by atoms with E-state index < -0.39 is 0 Å². The van der Waals surface area contributed by atoms with E-state index in [2.05, 4.69) is 20.6 Å². The molecule has 0 bridgehead atoms. The standard InChI is InChI=1S/C21H21N5O3S/c27-11-13-3-4-16-15(8-13)24-21(26(16)10-14-2-1-7-23-14)25-20(28)19-6-5-18(30-19)17-9-22-12-29-17/h3-6,8-9,12,14,23,27H,1-2,7,10-11H2,(H,24,25,28)/t14-/m1/s1. The SMILES string of the molecule is O=C(Nc1nc2cc(CO)ccc2n1C[C@H]1CCCN1)c1ccc(-c2cnco2)s1. The fraction of sp³-hybridized carbons (Fsp3) is 0.286. The summed E-state index contributed by atoms with van der Waals surface area (Å²) in [5.74, 6) is 0.924. The number of carbonyl (C=O) groups is 1. The topological polar surface area (TPSA) is 105 Å². The molecule has 4 aromatic rings. The Bertz CT molecular complexity index is 1170. The maximum atomic E-state index is 12.9. The number of carbonyl (C=O) groups excluding carboxylic acids is 1. The number of oxazole rings is 1. The second kappa shape index (κ2) is 8.02. The van der Waals surface area contributed by atoms with Crippen LogP contribution in [0.15, 0.2) is 47.3 Å². The number of rotatable bonds is 6. The number of thiophene rings is 1. The second-order valence-electron chi connectivity index (χ2n) is 7.30. The van der Waals surface area contributed by atoms with E-state index in [1.807, 2.05) is 28.8 Å². The van der Waals surface area contributed by atoms with Gasteiger partial charge in [0.25, 0.3) is 5.91 Å². The number of benzene rings is 1. The van der Waals surface area contributed by atoms with Gasteiger partial charge in [-0.15, -0.1) is 11.3 Å². The van der Waals surface area contributed by atoms with Gasteiger partial charge in [-0.2, -0.15) is 0 Å². The van der Waals surface area contributed by atoms with Gasteiger partial charge in [0.05, 0.1) is 33.6 Å². The van der Waals surface area contributed by atoms with Crippen molar-refractivity contribution in [2.24, 2.45) is 0 Å². The summed E-state index contributed by atoms with van der Waals surface area (Å²) in [6.45, 7) is 1.68. The highest BCUT2D eigenvalue weighted by Crippen LogP contribution is 2.29. The molecule has 1 aliphatic heterocycles. The number of imidazole rings is 1. The third-order valence-electron chi connectivity index (χ3n) is 5.29. The molecule has 0 spiro atoms. The molecule has 1 amide bonds. The van der Waals surface area contributed by atoms with Crippen LogP contribution in [0.1, 0.15) is 28.1 Å². The van der Waals surface area contributed by atoms with E-state index >= 15 is 0 Å². The van der Waals surface area contributed by atoms with Gasteiger partial charge in [-0.1, -0.05) is 6.07 Å². The van der Waals surface area contributed by atoms with Crippen LogP contribution in [0.3, 0.4) is 0 Å². The van der Waals surface area contributed by atoms with Crippen molar-refractivity contribution < 1.29 is 14.3 Å². The Kier molecular flexibility index (Phi) is 5.07. The van der Waals surface area contributed by atoms with Crippen LogP contribution in [-0.2, 0) is 13.2 Å². The lowest BCUT2D eigenvalue weighted by Crippen LogP contribution is -2.28. The number of amides is 1. The van der Waals surface area contributed by atoms with E-state index in [1.54, 1.807) is 12.3 Å². The van der Waals surface area contributed by atoms with E-state index in [1.165, 1.54) is 17.7 Å². The molecule has 1 aromatic carbocycles. The highest BCUT2D eigenvalue weighted by atomic mass is 32.1. The molecule has 0 aliphatic carbocycles. The zero-order chi connectivity index (χ0) is 20.5. The van der Waals surface area contributed by atoms with Crippen LogP contribution in [0.5, 0.6) is 0 Å². The van der Waals surface area contributed by atoms with E-state index in [0.29, 0.717) is 22.6 Å². The number of anilines is 1. The van der Waals surface area contributed by atoms with Crippen molar-refractivity contribution in [3.63, 3.8) is 0 Å². The molecule has 0 radical (unpaired) electrons. The summed E-state index contributed by atoms with van der Waals surface area (Å²) in [5.41, 5.74) is 2.48. The minimum absolute atomic E-state index is 0.0473. The largest absolute Gasteiger partial charge is 0.443 e. The molecule has 1 saturated heterocycles. The van der Waals surface area contributed by atoms with Gasteiger partial charge in [-0.25, -0.2) is 9.97 Å². The van der Waals surface area contributed by atoms with E-state index in [-0.39, 0.29) is 12.5 Å². The van der Waals surface area contributed by atoms with Gasteiger partial charge in [0.2, 0.25) is 5.95 Å². The zero-order valence-electron chi connectivity index (χ0n) is 16.2. The third-order valence-corrected chi connectivity index (χ3v) is 6.39. The lowest BCUT2D eigenvalue weighted by atomic mass is 10.2. The van der Waals surface area contributed by atoms with E-state index in [9.17, 15) is 9.90 Å². The lowest BCUT2D eigenvalue weighted by Gasteiger charge is -2.15. The highest BCUT2D eigenvalue weighted by Gasteiger charge is 2.21. The van der Waals surface area contributed by atoms with Crippen LogP contribution in [0.4, 0.5) is 5.95 Å². The Morgan fingerprint density at radius 2 is 2.30 bits per heavy atom. The fourth-order valence-electron chi connectivity index (χ4n) is 3.78. The summed E-state index contributed by atoms with van der Waals surface area (Å²) in [4.78, 5) is 22.9. The van der Waals surface area contributed by atoms with Gasteiger partial charge < -0.3 is 19.4 Å². The van der Waals surface area contributed by atoms with Crippen molar-refractivity contribution in [1.82, 2.24) is 19.9 Å². The first-order chi connectivity index (χ1) is 14.7. The zero-order valence-corrected chi connectivity index (χ0v) is 17.0. The lowest BCUT2D eigenvalue weighted by molar-refractivity contribution is 0.102. The van der Waals surface area contributed by atoms with E-state index in [4.69, 9.17) is 4.42 Å². The normalized spacial score (nSPS) is 16.4. The molecule has 1 fully saturated rings. The number of hydrogen-bond donors (Lipinski definition) is 3. The predicted molar refractivity (Wildman–Crippen MR) is 114 cm³/mol. The molecule has 8 nitrogen and oxygen atoms in total. The Labute approximate surface area is 176 Å². The molecule has 3 N–H and O–H groups in total. The van der Waals surface area contributed by atoms with Crippen molar-refractivity contribution in [2.45, 2.75) is 32.0 Å². The Morgan fingerprint density at radius 1 is 1.37 bits per heavy atom. The molecule has 9 heteroatoms. The summed E-state index contributed by atoms with van der Waals surface area (Å²) < 4.78 is 7.35. The monoisotopic (exact) mass is 423 g/mol. The van der Waals surface area contributed by atoms with Crippen LogP contribution < -0.4 is 10.6 Å². The first kappa shape index (κ1) is 19.0. The van der Waals surface area contributed by atoms with Gasteiger partial charge in [0, 0.05) is 12.6 Å². The van der Waals surface area contributed by atoms with Crippen molar-refractivity contribution in [3.05, 3.63) is 53.4 Å². The molecule has 3 aromatic heterocycles. The number of aromatic nitrogens is 3. The number of aliphatic hydroxyl groups excluding tert-OH is 1. The summed E-state index contributed by atoms with van der Waals surface area (Å²) in [5, 5.41) is 15.9. The third kappa shape index (κ3) is 3.62. The number of fused-ring (bicyclic) bond motifs is 1. The van der Waals surface area contributed by atoms with Crippen LogP contribution in [-0.4, -0.2) is 38.1 Å². The quantitative estimate of drug-likeness (QED) is 0.440. The van der Waals surface area contributed by atoms with E-state index in [0.717, 1.165) is 47.4 Å². The smallest absolute Gasteiger partial charge is 0.268 e. The Balaban J connectivity index is 1.45. The fourth-order valence-corrected chi connectivity index (χ4v) is 4.63. The molecule has 154 valence electrons. The molecule has 30 heavy (non-hydrogen) atoms. The van der Waals surface area contributed by atoms with Crippen LogP contribution in [0, 0.1) is 0 Å². The van der Waals surface area contributed by atoms with Crippen molar-refractivity contribution in [3.8, 4) is 10.6 Å².